The number of thioether (sulfide) groups is 1. The number of hydrogen-bond donors (Lipinski definition) is 0. The van der Waals surface area contributed by atoms with E-state index in [0.717, 1.165) is 21.9 Å². The minimum Gasteiger partial charge on any atom is -0.467 e. The molecule has 0 saturated heterocycles. The van der Waals surface area contributed by atoms with Crippen LogP contribution in [0.3, 0.4) is 0 Å². The number of rotatable bonds is 7. The maximum atomic E-state index is 13.0. The van der Waals surface area contributed by atoms with Gasteiger partial charge < -0.3 is 8.83 Å². The smallest absolute Gasteiger partial charge is 0.277 e. The Morgan fingerprint density at radius 3 is 2.81 bits per heavy atom. The van der Waals surface area contributed by atoms with Gasteiger partial charge in [-0.2, -0.15) is 5.10 Å². The van der Waals surface area contributed by atoms with Gasteiger partial charge in [0, 0.05) is 6.42 Å². The number of carbonyl (C=O) groups is 1. The first-order chi connectivity index (χ1) is 15.3. The molecule has 156 valence electrons. The predicted molar refractivity (Wildman–Crippen MR) is 118 cm³/mol. The molecular formula is C22H18N4O3S2. The molecule has 0 saturated carbocycles. The lowest BCUT2D eigenvalue weighted by Gasteiger charge is -2.19. The molecule has 4 aromatic rings. The Labute approximate surface area is 186 Å². The number of aromatic nitrogens is 2. The molecule has 31 heavy (non-hydrogen) atoms. The third kappa shape index (κ3) is 4.47. The SMILES string of the molecule is O=C(CSc1nnc(Cc2ccccc2)o1)N1N=C(c2cccs2)C[C@@H]1c1ccco1. The molecule has 0 aliphatic carbocycles. The Balaban J connectivity index is 1.26. The molecule has 9 heteroatoms. The molecule has 0 bridgehead atoms. The van der Waals surface area contributed by atoms with E-state index in [0.29, 0.717) is 24.0 Å². The van der Waals surface area contributed by atoms with E-state index >= 15 is 0 Å². The number of furan rings is 1. The van der Waals surface area contributed by atoms with Crippen LogP contribution >= 0.6 is 23.1 Å². The molecule has 5 rings (SSSR count). The molecule has 0 N–H and O–H groups in total. The van der Waals surface area contributed by atoms with Gasteiger partial charge in [0.15, 0.2) is 0 Å². The van der Waals surface area contributed by atoms with Gasteiger partial charge in [-0.1, -0.05) is 48.2 Å². The summed E-state index contributed by atoms with van der Waals surface area (Å²) in [7, 11) is 0. The highest BCUT2D eigenvalue weighted by atomic mass is 32.2. The summed E-state index contributed by atoms with van der Waals surface area (Å²) in [5.74, 6) is 1.25. The topological polar surface area (TPSA) is 84.7 Å². The van der Waals surface area contributed by atoms with Crippen LogP contribution in [0.4, 0.5) is 0 Å². The summed E-state index contributed by atoms with van der Waals surface area (Å²) in [6.45, 7) is 0. The summed E-state index contributed by atoms with van der Waals surface area (Å²) in [4.78, 5) is 14.1. The molecule has 1 aliphatic rings. The molecule has 1 amide bonds. The first-order valence-electron chi connectivity index (χ1n) is 9.72. The van der Waals surface area contributed by atoms with Gasteiger partial charge >= 0.3 is 0 Å². The van der Waals surface area contributed by atoms with Crippen LogP contribution < -0.4 is 0 Å². The normalized spacial score (nSPS) is 15.9. The van der Waals surface area contributed by atoms with Gasteiger partial charge in [-0.05, 0) is 29.1 Å². The lowest BCUT2D eigenvalue weighted by molar-refractivity contribution is -0.130. The van der Waals surface area contributed by atoms with Crippen molar-refractivity contribution in [2.24, 2.45) is 5.10 Å². The number of amides is 1. The van der Waals surface area contributed by atoms with Gasteiger partial charge in [0.2, 0.25) is 5.89 Å². The van der Waals surface area contributed by atoms with Crippen LogP contribution in [0.1, 0.15) is 34.6 Å². The summed E-state index contributed by atoms with van der Waals surface area (Å²) in [5.41, 5.74) is 1.98. The fourth-order valence-electron chi connectivity index (χ4n) is 3.36. The number of hydrogen-bond acceptors (Lipinski definition) is 8. The van der Waals surface area contributed by atoms with E-state index in [4.69, 9.17) is 8.83 Å². The Morgan fingerprint density at radius 2 is 2.03 bits per heavy atom. The maximum Gasteiger partial charge on any atom is 0.277 e. The summed E-state index contributed by atoms with van der Waals surface area (Å²) in [6.07, 6.45) is 2.79. The highest BCUT2D eigenvalue weighted by Crippen LogP contribution is 2.34. The van der Waals surface area contributed by atoms with Gasteiger partial charge in [0.25, 0.3) is 11.1 Å². The van der Waals surface area contributed by atoms with Crippen LogP contribution in [0, 0.1) is 0 Å². The van der Waals surface area contributed by atoms with E-state index in [1.807, 2.05) is 60.0 Å². The van der Waals surface area contributed by atoms with E-state index in [2.05, 4.69) is 15.3 Å². The third-order valence-electron chi connectivity index (χ3n) is 4.81. The zero-order valence-electron chi connectivity index (χ0n) is 16.4. The lowest BCUT2D eigenvalue weighted by Crippen LogP contribution is -2.28. The highest BCUT2D eigenvalue weighted by Gasteiger charge is 2.35. The standard InChI is InChI=1S/C22H18N4O3S2/c27-21(14-31-22-24-23-20(29-22)12-15-6-2-1-3-7-15)26-17(18-8-4-10-28-18)13-16(25-26)19-9-5-11-30-19/h1-11,17H,12-14H2/t17-/m1/s1. The minimum absolute atomic E-state index is 0.138. The van der Waals surface area contributed by atoms with Gasteiger partial charge in [0.1, 0.15) is 11.8 Å². The van der Waals surface area contributed by atoms with Crippen molar-refractivity contribution in [1.29, 1.82) is 0 Å². The number of carbonyl (C=O) groups excluding carboxylic acids is 1. The van der Waals surface area contributed by atoms with Crippen LogP contribution in [0.25, 0.3) is 0 Å². The van der Waals surface area contributed by atoms with Crippen molar-refractivity contribution >= 4 is 34.7 Å². The van der Waals surface area contributed by atoms with Crippen LogP contribution in [0.2, 0.25) is 0 Å². The van der Waals surface area contributed by atoms with Crippen molar-refractivity contribution in [1.82, 2.24) is 15.2 Å². The van der Waals surface area contributed by atoms with Crippen LogP contribution in [0.15, 0.2) is 85.4 Å². The molecule has 7 nitrogen and oxygen atoms in total. The molecule has 0 radical (unpaired) electrons. The van der Waals surface area contributed by atoms with Gasteiger partial charge in [-0.15, -0.1) is 21.5 Å². The second-order valence-electron chi connectivity index (χ2n) is 6.91. The van der Waals surface area contributed by atoms with E-state index in [-0.39, 0.29) is 17.7 Å². The average Bonchev–Trinajstić information content (AvgIpc) is 3.59. The Bertz CT molecular complexity index is 1170. The van der Waals surface area contributed by atoms with Crippen molar-refractivity contribution in [3.05, 3.63) is 88.3 Å². The molecule has 0 spiro atoms. The average molecular weight is 451 g/mol. The quantitative estimate of drug-likeness (QED) is 0.377. The third-order valence-corrected chi connectivity index (χ3v) is 6.53. The second kappa shape index (κ2) is 8.91. The fraction of sp³-hybridized carbons (Fsp3) is 0.182. The van der Waals surface area contributed by atoms with Crippen LogP contribution in [-0.2, 0) is 11.2 Å². The Hall–Kier alpha value is -3.17. The predicted octanol–water partition coefficient (Wildman–Crippen LogP) is 4.78. The minimum atomic E-state index is -0.253. The monoisotopic (exact) mass is 450 g/mol. The second-order valence-corrected chi connectivity index (χ2v) is 8.78. The van der Waals surface area contributed by atoms with Gasteiger partial charge in [-0.25, -0.2) is 5.01 Å². The highest BCUT2D eigenvalue weighted by molar-refractivity contribution is 7.99. The van der Waals surface area contributed by atoms with Crippen molar-refractivity contribution < 1.29 is 13.6 Å². The van der Waals surface area contributed by atoms with Crippen LogP contribution in [0.5, 0.6) is 0 Å². The first kappa shape index (κ1) is 19.8. The summed E-state index contributed by atoms with van der Waals surface area (Å²) >= 11 is 2.82. The summed E-state index contributed by atoms with van der Waals surface area (Å²) in [6, 6.07) is 17.3. The number of thiophene rings is 1. The summed E-state index contributed by atoms with van der Waals surface area (Å²) < 4.78 is 11.3. The van der Waals surface area contributed by atoms with E-state index in [9.17, 15) is 4.79 Å². The molecule has 1 aliphatic heterocycles. The number of hydrazone groups is 1. The molecule has 0 fully saturated rings. The number of nitrogens with zero attached hydrogens (tertiary/aromatic N) is 4. The molecular weight excluding hydrogens is 432 g/mol. The summed E-state index contributed by atoms with van der Waals surface area (Å²) in [5, 5.41) is 16.6. The van der Waals surface area contributed by atoms with Crippen molar-refractivity contribution in [3.63, 3.8) is 0 Å². The van der Waals surface area contributed by atoms with Crippen LogP contribution in [-0.4, -0.2) is 32.6 Å². The number of benzene rings is 1. The fourth-order valence-corrected chi connectivity index (χ4v) is 4.72. The van der Waals surface area contributed by atoms with Crippen molar-refractivity contribution in [2.75, 3.05) is 5.75 Å². The molecule has 1 atom stereocenters. The first-order valence-corrected chi connectivity index (χ1v) is 11.6. The molecule has 3 aromatic heterocycles. The van der Waals surface area contributed by atoms with E-state index < -0.39 is 0 Å². The van der Waals surface area contributed by atoms with E-state index in [1.54, 1.807) is 17.6 Å². The van der Waals surface area contributed by atoms with Crippen molar-refractivity contribution in [2.45, 2.75) is 24.1 Å². The molecule has 1 aromatic carbocycles. The zero-order chi connectivity index (χ0) is 21.0. The van der Waals surface area contributed by atoms with Gasteiger partial charge in [-0.3, -0.25) is 4.79 Å². The van der Waals surface area contributed by atoms with E-state index in [1.165, 1.54) is 16.8 Å². The lowest BCUT2D eigenvalue weighted by atomic mass is 10.1. The molecule has 0 unspecified atom stereocenters. The van der Waals surface area contributed by atoms with Gasteiger partial charge in [0.05, 0.1) is 29.0 Å². The largest absolute Gasteiger partial charge is 0.467 e. The zero-order valence-corrected chi connectivity index (χ0v) is 18.0. The molecule has 4 heterocycles. The Morgan fingerprint density at radius 1 is 1.13 bits per heavy atom. The van der Waals surface area contributed by atoms with Crippen molar-refractivity contribution in [3.8, 4) is 0 Å². The maximum absolute atomic E-state index is 13.0. The Kier molecular flexibility index (Phi) is 5.68.